The molecule has 3 nitrogen and oxygen atoms in total. The van der Waals surface area contributed by atoms with Gasteiger partial charge in [0.25, 0.3) is 0 Å². The molecule has 26 heavy (non-hydrogen) atoms. The highest BCUT2D eigenvalue weighted by molar-refractivity contribution is 5.84. The Morgan fingerprint density at radius 1 is 1.00 bits per heavy atom. The zero-order chi connectivity index (χ0) is 19.2. The van der Waals surface area contributed by atoms with Crippen LogP contribution in [-0.4, -0.2) is 18.5 Å². The summed E-state index contributed by atoms with van der Waals surface area (Å²) in [7, 11) is 0. The van der Waals surface area contributed by atoms with Crippen molar-refractivity contribution in [3.8, 4) is 0 Å². The van der Waals surface area contributed by atoms with Gasteiger partial charge in [0.05, 0.1) is 5.56 Å². The van der Waals surface area contributed by atoms with Gasteiger partial charge in [0.1, 0.15) is 6.04 Å². The van der Waals surface area contributed by atoms with Gasteiger partial charge < -0.3 is 10.6 Å². The average Bonchev–Trinajstić information content (AvgIpc) is 2.60. The van der Waals surface area contributed by atoms with Crippen molar-refractivity contribution in [2.75, 3.05) is 11.9 Å². The highest BCUT2D eigenvalue weighted by Crippen LogP contribution is 2.30. The van der Waals surface area contributed by atoms with Crippen molar-refractivity contribution in [2.24, 2.45) is 5.92 Å². The Hall–Kier alpha value is -2.50. The summed E-state index contributed by atoms with van der Waals surface area (Å²) in [5.41, 5.74) is 0.899. The molecule has 2 aromatic carbocycles. The van der Waals surface area contributed by atoms with Crippen LogP contribution in [0.4, 0.5) is 18.9 Å². The van der Waals surface area contributed by atoms with Gasteiger partial charge in [-0.05, 0) is 42.2 Å². The molecule has 0 aromatic heterocycles. The van der Waals surface area contributed by atoms with E-state index in [-0.39, 0.29) is 11.8 Å². The second kappa shape index (κ2) is 8.74. The first-order valence-electron chi connectivity index (χ1n) is 8.53. The van der Waals surface area contributed by atoms with Crippen molar-refractivity contribution < 1.29 is 18.0 Å². The van der Waals surface area contributed by atoms with Gasteiger partial charge in [-0.25, -0.2) is 0 Å². The van der Waals surface area contributed by atoms with Gasteiger partial charge in [0, 0.05) is 12.2 Å². The van der Waals surface area contributed by atoms with Crippen molar-refractivity contribution in [2.45, 2.75) is 32.5 Å². The Morgan fingerprint density at radius 3 is 2.15 bits per heavy atom. The summed E-state index contributed by atoms with van der Waals surface area (Å²) in [5, 5.41) is 5.91. The lowest BCUT2D eigenvalue weighted by Gasteiger charge is -2.23. The van der Waals surface area contributed by atoms with Crippen LogP contribution in [0.3, 0.4) is 0 Å². The van der Waals surface area contributed by atoms with Crippen molar-refractivity contribution in [1.82, 2.24) is 5.32 Å². The van der Waals surface area contributed by atoms with Crippen molar-refractivity contribution in [3.63, 3.8) is 0 Å². The Balaban J connectivity index is 1.94. The quantitative estimate of drug-likeness (QED) is 0.759. The van der Waals surface area contributed by atoms with E-state index >= 15 is 0 Å². The number of hydrogen-bond donors (Lipinski definition) is 2. The Morgan fingerprint density at radius 2 is 1.62 bits per heavy atom. The predicted molar refractivity (Wildman–Crippen MR) is 96.8 cm³/mol. The minimum atomic E-state index is -4.37. The monoisotopic (exact) mass is 364 g/mol. The molecule has 0 spiro atoms. The number of carbonyl (C=O) groups excluding carboxylic acids is 1. The molecule has 1 amide bonds. The second-order valence-corrected chi connectivity index (χ2v) is 6.47. The van der Waals surface area contributed by atoms with Crippen LogP contribution in [0, 0.1) is 5.92 Å². The van der Waals surface area contributed by atoms with Crippen molar-refractivity contribution in [1.29, 1.82) is 0 Å². The van der Waals surface area contributed by atoms with Gasteiger partial charge in [-0.15, -0.1) is 0 Å². The summed E-state index contributed by atoms with van der Waals surface area (Å²) in [5.74, 6) is -0.190. The Bertz CT molecular complexity index is 697. The van der Waals surface area contributed by atoms with Crippen LogP contribution in [0.25, 0.3) is 0 Å². The normalized spacial score (nSPS) is 12.7. The number of anilines is 1. The maximum atomic E-state index is 12.6. The summed E-state index contributed by atoms with van der Waals surface area (Å²) in [4.78, 5) is 12.5. The number of alkyl halides is 3. The topological polar surface area (TPSA) is 41.1 Å². The Labute approximate surface area is 151 Å². The van der Waals surface area contributed by atoms with E-state index in [9.17, 15) is 18.0 Å². The van der Waals surface area contributed by atoms with Gasteiger partial charge in [0.2, 0.25) is 5.91 Å². The fourth-order valence-electron chi connectivity index (χ4n) is 2.55. The largest absolute Gasteiger partial charge is 0.416 e. The van der Waals surface area contributed by atoms with Crippen LogP contribution in [0.15, 0.2) is 54.6 Å². The van der Waals surface area contributed by atoms with E-state index in [0.29, 0.717) is 12.2 Å². The third-order valence-corrected chi connectivity index (χ3v) is 4.04. The second-order valence-electron chi connectivity index (χ2n) is 6.47. The molecule has 0 unspecified atom stereocenters. The highest BCUT2D eigenvalue weighted by Gasteiger charge is 2.30. The number of nitrogens with one attached hydrogen (secondary N) is 2. The minimum absolute atomic E-state index is 0.0194. The summed E-state index contributed by atoms with van der Waals surface area (Å²) >= 11 is 0. The lowest BCUT2D eigenvalue weighted by Crippen LogP contribution is -2.43. The van der Waals surface area contributed by atoms with E-state index in [1.54, 1.807) is 0 Å². The number of halogens is 3. The molecule has 0 saturated heterocycles. The standard InChI is InChI=1S/C20H23F3N2O/c1-14(2)18(19(26)24-13-12-15-6-4-3-5-7-15)25-17-10-8-16(9-11-17)20(21,22)23/h3-11,14,18,25H,12-13H2,1-2H3,(H,24,26)/t18-/m1/s1. The van der Waals surface area contributed by atoms with Gasteiger partial charge in [0.15, 0.2) is 0 Å². The molecule has 2 rings (SSSR count). The Kier molecular flexibility index (Phi) is 6.66. The number of benzene rings is 2. The smallest absolute Gasteiger partial charge is 0.373 e. The fraction of sp³-hybridized carbons (Fsp3) is 0.350. The first-order chi connectivity index (χ1) is 12.3. The number of amides is 1. The van der Waals surface area contributed by atoms with Gasteiger partial charge in [-0.2, -0.15) is 13.2 Å². The molecule has 0 bridgehead atoms. The predicted octanol–water partition coefficient (Wildman–Crippen LogP) is 4.50. The molecule has 1 atom stereocenters. The van der Waals surface area contributed by atoms with Crippen LogP contribution in [0.2, 0.25) is 0 Å². The molecule has 0 saturated carbocycles. The number of hydrogen-bond acceptors (Lipinski definition) is 2. The number of carbonyl (C=O) groups is 1. The molecular formula is C20H23F3N2O. The molecule has 0 aliphatic rings. The average molecular weight is 364 g/mol. The molecule has 6 heteroatoms. The molecule has 2 aromatic rings. The minimum Gasteiger partial charge on any atom is -0.373 e. The first-order valence-corrected chi connectivity index (χ1v) is 8.53. The SMILES string of the molecule is CC(C)[C@@H](Nc1ccc(C(F)(F)F)cc1)C(=O)NCCc1ccccc1. The van der Waals surface area contributed by atoms with Crippen LogP contribution in [-0.2, 0) is 17.4 Å². The van der Waals surface area contributed by atoms with E-state index in [0.717, 1.165) is 24.1 Å². The molecule has 2 N–H and O–H groups in total. The molecule has 0 aliphatic carbocycles. The van der Waals surface area contributed by atoms with Crippen LogP contribution in [0.5, 0.6) is 0 Å². The lowest BCUT2D eigenvalue weighted by molar-refractivity contribution is -0.137. The summed E-state index contributed by atoms with van der Waals surface area (Å²) in [6.45, 7) is 4.28. The molecule has 0 heterocycles. The summed E-state index contributed by atoms with van der Waals surface area (Å²) in [6, 6.07) is 14.0. The van der Waals surface area contributed by atoms with Crippen molar-refractivity contribution >= 4 is 11.6 Å². The lowest BCUT2D eigenvalue weighted by atomic mass is 10.0. The zero-order valence-electron chi connectivity index (χ0n) is 14.8. The molecule has 0 radical (unpaired) electrons. The maximum absolute atomic E-state index is 12.6. The van der Waals surface area contributed by atoms with E-state index in [4.69, 9.17) is 0 Å². The van der Waals surface area contributed by atoms with E-state index in [2.05, 4.69) is 10.6 Å². The third kappa shape index (κ3) is 5.79. The molecule has 140 valence electrons. The van der Waals surface area contributed by atoms with Gasteiger partial charge in [-0.3, -0.25) is 4.79 Å². The van der Waals surface area contributed by atoms with Crippen LogP contribution >= 0.6 is 0 Å². The molecule has 0 aliphatic heterocycles. The molecule has 0 fully saturated rings. The fourth-order valence-corrected chi connectivity index (χ4v) is 2.55. The first kappa shape index (κ1) is 19.8. The van der Waals surface area contributed by atoms with Crippen LogP contribution < -0.4 is 10.6 Å². The van der Waals surface area contributed by atoms with E-state index in [1.165, 1.54) is 12.1 Å². The maximum Gasteiger partial charge on any atom is 0.416 e. The summed E-state index contributed by atoms with van der Waals surface area (Å²) in [6.07, 6.45) is -3.65. The number of rotatable bonds is 7. The molecular weight excluding hydrogens is 341 g/mol. The van der Waals surface area contributed by atoms with E-state index in [1.807, 2.05) is 44.2 Å². The van der Waals surface area contributed by atoms with Gasteiger partial charge in [-0.1, -0.05) is 44.2 Å². The van der Waals surface area contributed by atoms with Crippen LogP contribution in [0.1, 0.15) is 25.0 Å². The zero-order valence-corrected chi connectivity index (χ0v) is 14.8. The van der Waals surface area contributed by atoms with Gasteiger partial charge >= 0.3 is 6.18 Å². The third-order valence-electron chi connectivity index (χ3n) is 4.04. The highest BCUT2D eigenvalue weighted by atomic mass is 19.4. The summed E-state index contributed by atoms with van der Waals surface area (Å²) < 4.78 is 37.9. The van der Waals surface area contributed by atoms with E-state index < -0.39 is 17.8 Å². The van der Waals surface area contributed by atoms with Crippen molar-refractivity contribution in [3.05, 3.63) is 65.7 Å².